The highest BCUT2D eigenvalue weighted by atomic mass is 16.6. The van der Waals surface area contributed by atoms with Crippen LogP contribution in [0, 0.1) is 13.8 Å². The van der Waals surface area contributed by atoms with E-state index in [1.54, 1.807) is 27.7 Å². The monoisotopic (exact) mass is 480 g/mol. The molecule has 0 saturated heterocycles. The maximum atomic E-state index is 11.6. The molecule has 0 amide bonds. The molecule has 0 radical (unpaired) electrons. The molecule has 0 saturated carbocycles. The number of hydrogen-bond donors (Lipinski definition) is 0. The van der Waals surface area contributed by atoms with Crippen LogP contribution in [-0.2, 0) is 25.5 Å². The zero-order chi connectivity index (χ0) is 26.1. The van der Waals surface area contributed by atoms with E-state index in [2.05, 4.69) is 25.3 Å². The van der Waals surface area contributed by atoms with Gasteiger partial charge in [0.15, 0.2) is 0 Å². The predicted molar refractivity (Wildman–Crippen MR) is 137 cm³/mol. The molecule has 0 N–H and O–H groups in total. The van der Waals surface area contributed by atoms with Gasteiger partial charge in [0, 0.05) is 11.1 Å². The number of ether oxygens (including phenoxy) is 4. The van der Waals surface area contributed by atoms with Gasteiger partial charge in [-0.15, -0.1) is 0 Å². The number of carbonyl (C=O) groups is 2. The van der Waals surface area contributed by atoms with Crippen molar-refractivity contribution in [3.63, 3.8) is 0 Å². The Kier molecular flexibility index (Phi) is 10.1. The Bertz CT molecular complexity index is 999. The third-order valence-electron chi connectivity index (χ3n) is 5.15. The van der Waals surface area contributed by atoms with Crippen LogP contribution in [0.3, 0.4) is 0 Å². The second-order valence-corrected chi connectivity index (χ2v) is 8.99. The molecule has 0 aliphatic carbocycles. The van der Waals surface area contributed by atoms with E-state index in [0.717, 1.165) is 40.2 Å². The van der Waals surface area contributed by atoms with Crippen molar-refractivity contribution in [3.05, 3.63) is 83.0 Å². The molecule has 6 nitrogen and oxygen atoms in total. The summed E-state index contributed by atoms with van der Waals surface area (Å²) >= 11 is 0. The third-order valence-corrected chi connectivity index (χ3v) is 5.15. The molecular formula is C29H36O6. The van der Waals surface area contributed by atoms with Crippen LogP contribution in [0.25, 0.3) is 0 Å². The van der Waals surface area contributed by atoms with Crippen LogP contribution in [0.5, 0.6) is 11.5 Å². The van der Waals surface area contributed by atoms with Crippen molar-refractivity contribution in [2.45, 2.75) is 60.2 Å². The lowest BCUT2D eigenvalue weighted by atomic mass is 10.0. The van der Waals surface area contributed by atoms with Crippen LogP contribution < -0.4 is 9.47 Å². The van der Waals surface area contributed by atoms with Gasteiger partial charge in [-0.25, -0.2) is 9.59 Å². The van der Waals surface area contributed by atoms with E-state index in [-0.39, 0.29) is 25.4 Å². The second kappa shape index (κ2) is 12.8. The second-order valence-electron chi connectivity index (χ2n) is 8.99. The normalized spacial score (nSPS) is 12.3. The van der Waals surface area contributed by atoms with Gasteiger partial charge >= 0.3 is 11.9 Å². The molecule has 188 valence electrons. The van der Waals surface area contributed by atoms with Crippen molar-refractivity contribution in [3.8, 4) is 11.5 Å². The standard InChI is InChI=1S/C29H36O6/c1-18(2)28(30)34-22(7)16-32-26-11-9-24(13-20(26)5)15-25-10-12-27(21(6)14-25)33-17-23(8)35-29(31)19(3)4/h9-14,22-23H,1,3,15-17H2,2,4-8H3. The summed E-state index contributed by atoms with van der Waals surface area (Å²) < 4.78 is 22.2. The van der Waals surface area contributed by atoms with Crippen LogP contribution >= 0.6 is 0 Å². The molecular weight excluding hydrogens is 444 g/mol. The average Bonchev–Trinajstić information content (AvgIpc) is 2.77. The molecule has 0 bridgehead atoms. The Morgan fingerprint density at radius 1 is 0.743 bits per heavy atom. The first-order valence-corrected chi connectivity index (χ1v) is 11.6. The van der Waals surface area contributed by atoms with Gasteiger partial charge in [0.05, 0.1) is 0 Å². The quantitative estimate of drug-likeness (QED) is 0.288. The summed E-state index contributed by atoms with van der Waals surface area (Å²) in [5.74, 6) is 0.683. The molecule has 6 heteroatoms. The van der Waals surface area contributed by atoms with Crippen molar-refractivity contribution in [1.29, 1.82) is 0 Å². The summed E-state index contributed by atoms with van der Waals surface area (Å²) in [4.78, 5) is 23.2. The highest BCUT2D eigenvalue weighted by Crippen LogP contribution is 2.24. The Labute approximate surface area is 208 Å². The molecule has 0 heterocycles. The van der Waals surface area contributed by atoms with E-state index in [0.29, 0.717) is 11.1 Å². The number of carbonyl (C=O) groups excluding carboxylic acids is 2. The number of hydrogen-bond acceptors (Lipinski definition) is 6. The Hall–Kier alpha value is -3.54. The maximum absolute atomic E-state index is 11.6. The minimum atomic E-state index is -0.416. The Balaban J connectivity index is 1.92. The zero-order valence-electron chi connectivity index (χ0n) is 21.6. The van der Waals surface area contributed by atoms with Gasteiger partial charge in [0.2, 0.25) is 0 Å². The Morgan fingerprint density at radius 3 is 1.43 bits per heavy atom. The largest absolute Gasteiger partial charge is 0.489 e. The number of rotatable bonds is 12. The Morgan fingerprint density at radius 2 is 1.11 bits per heavy atom. The van der Waals surface area contributed by atoms with Gasteiger partial charge in [-0.2, -0.15) is 0 Å². The van der Waals surface area contributed by atoms with E-state index < -0.39 is 11.9 Å². The lowest BCUT2D eigenvalue weighted by molar-refractivity contribution is -0.145. The molecule has 0 fully saturated rings. The molecule has 2 rings (SSSR count). The van der Waals surface area contributed by atoms with Crippen LogP contribution in [0.4, 0.5) is 0 Å². The summed E-state index contributed by atoms with van der Waals surface area (Å²) in [7, 11) is 0. The molecule has 0 aliphatic rings. The van der Waals surface area contributed by atoms with Gasteiger partial charge in [-0.1, -0.05) is 37.4 Å². The first kappa shape index (κ1) is 27.7. The molecule has 2 atom stereocenters. The summed E-state index contributed by atoms with van der Waals surface area (Å²) in [6.45, 7) is 18.5. The van der Waals surface area contributed by atoms with Crippen molar-refractivity contribution in [2.75, 3.05) is 13.2 Å². The fourth-order valence-corrected chi connectivity index (χ4v) is 3.25. The lowest BCUT2D eigenvalue weighted by Crippen LogP contribution is -2.22. The SMILES string of the molecule is C=C(C)C(=O)OC(C)COc1ccc(Cc2ccc(OCC(C)OC(=O)C(=C)C)c(C)c2)cc1C. The zero-order valence-corrected chi connectivity index (χ0v) is 21.6. The summed E-state index contributed by atoms with van der Waals surface area (Å²) in [6, 6.07) is 12.1. The first-order chi connectivity index (χ1) is 16.5. The van der Waals surface area contributed by atoms with Gasteiger partial charge in [-0.05, 0) is 82.3 Å². The minimum Gasteiger partial charge on any atom is -0.489 e. The molecule has 0 aliphatic heterocycles. The molecule has 2 aromatic rings. The maximum Gasteiger partial charge on any atom is 0.333 e. The van der Waals surface area contributed by atoms with E-state index in [1.807, 2.05) is 38.1 Å². The molecule has 0 spiro atoms. The van der Waals surface area contributed by atoms with Crippen molar-refractivity contribution < 1.29 is 28.5 Å². The molecule has 0 aromatic heterocycles. The smallest absolute Gasteiger partial charge is 0.333 e. The average molecular weight is 481 g/mol. The number of aryl methyl sites for hydroxylation is 2. The van der Waals surface area contributed by atoms with E-state index in [4.69, 9.17) is 18.9 Å². The molecule has 2 aromatic carbocycles. The number of benzene rings is 2. The van der Waals surface area contributed by atoms with Gasteiger partial charge in [0.25, 0.3) is 0 Å². The van der Waals surface area contributed by atoms with Gasteiger partial charge in [-0.3, -0.25) is 0 Å². The van der Waals surface area contributed by atoms with Gasteiger partial charge < -0.3 is 18.9 Å². The molecule has 2 unspecified atom stereocenters. The van der Waals surface area contributed by atoms with Crippen molar-refractivity contribution in [1.82, 2.24) is 0 Å². The van der Waals surface area contributed by atoms with E-state index >= 15 is 0 Å². The minimum absolute atomic E-state index is 0.269. The highest BCUT2D eigenvalue weighted by Gasteiger charge is 2.13. The third kappa shape index (κ3) is 8.96. The van der Waals surface area contributed by atoms with Crippen molar-refractivity contribution in [2.24, 2.45) is 0 Å². The molecule has 35 heavy (non-hydrogen) atoms. The fraction of sp³-hybridized carbons (Fsp3) is 0.379. The summed E-state index contributed by atoms with van der Waals surface area (Å²) in [6.07, 6.45) is 0.0212. The topological polar surface area (TPSA) is 71.1 Å². The van der Waals surface area contributed by atoms with Crippen molar-refractivity contribution >= 4 is 11.9 Å². The first-order valence-electron chi connectivity index (χ1n) is 11.6. The predicted octanol–water partition coefficient (Wildman–Crippen LogP) is 5.67. The highest BCUT2D eigenvalue weighted by molar-refractivity contribution is 5.87. The number of esters is 2. The lowest BCUT2D eigenvalue weighted by Gasteiger charge is -2.17. The van der Waals surface area contributed by atoms with Crippen LogP contribution in [-0.4, -0.2) is 37.4 Å². The van der Waals surface area contributed by atoms with E-state index in [9.17, 15) is 9.59 Å². The van der Waals surface area contributed by atoms with Crippen LogP contribution in [0.15, 0.2) is 60.7 Å². The van der Waals surface area contributed by atoms with Crippen LogP contribution in [0.1, 0.15) is 49.9 Å². The fourth-order valence-electron chi connectivity index (χ4n) is 3.25. The summed E-state index contributed by atoms with van der Waals surface area (Å²) in [5, 5.41) is 0. The summed E-state index contributed by atoms with van der Waals surface area (Å²) in [5.41, 5.74) is 5.07. The van der Waals surface area contributed by atoms with Gasteiger partial charge in [0.1, 0.15) is 36.9 Å². The van der Waals surface area contributed by atoms with E-state index in [1.165, 1.54) is 0 Å². The van der Waals surface area contributed by atoms with Crippen LogP contribution in [0.2, 0.25) is 0 Å².